The summed E-state index contributed by atoms with van der Waals surface area (Å²) < 4.78 is 5.26. The number of rotatable bonds is 6. The van der Waals surface area contributed by atoms with Crippen LogP contribution in [0.4, 0.5) is 0 Å². The zero-order chi connectivity index (χ0) is 19.5. The lowest BCUT2D eigenvalue weighted by molar-refractivity contribution is 0.0527. The first-order valence-electron chi connectivity index (χ1n) is 9.05. The molecule has 0 aromatic rings. The van der Waals surface area contributed by atoms with Gasteiger partial charge in [-0.15, -0.1) is 0 Å². The molecule has 140 valence electrons. The molecular formula is C22H29NO3. The van der Waals surface area contributed by atoms with E-state index in [1.807, 2.05) is 45.9 Å². The summed E-state index contributed by atoms with van der Waals surface area (Å²) in [7, 11) is 0. The molecule has 2 aliphatic rings. The average molecular weight is 355 g/mol. The number of ether oxygens (including phenoxy) is 1. The predicted molar refractivity (Wildman–Crippen MR) is 106 cm³/mol. The topological polar surface area (TPSA) is 58.6 Å². The van der Waals surface area contributed by atoms with Gasteiger partial charge in [0.15, 0.2) is 0 Å². The molecule has 0 aromatic carbocycles. The third kappa shape index (κ3) is 4.32. The van der Waals surface area contributed by atoms with Gasteiger partial charge in [0.2, 0.25) is 0 Å². The monoisotopic (exact) mass is 355 g/mol. The third-order valence-electron chi connectivity index (χ3n) is 4.51. The number of carbonyl (C=O) groups is 1. The molecule has 0 saturated heterocycles. The Morgan fingerprint density at radius 1 is 1.31 bits per heavy atom. The van der Waals surface area contributed by atoms with Gasteiger partial charge in [-0.05, 0) is 67.5 Å². The molecule has 0 amide bonds. The molecule has 0 aromatic heterocycles. The van der Waals surface area contributed by atoms with Crippen molar-refractivity contribution in [2.75, 3.05) is 6.61 Å². The molecule has 0 radical (unpaired) electrons. The molecule has 0 fully saturated rings. The lowest BCUT2D eigenvalue weighted by Crippen LogP contribution is -2.33. The van der Waals surface area contributed by atoms with E-state index in [4.69, 9.17) is 4.74 Å². The minimum Gasteiger partial charge on any atom is -0.462 e. The summed E-state index contributed by atoms with van der Waals surface area (Å²) in [5.41, 5.74) is 7.41. The molecular weight excluding hydrogens is 326 g/mol. The Morgan fingerprint density at radius 2 is 2.00 bits per heavy atom. The van der Waals surface area contributed by atoms with Crippen molar-refractivity contribution < 1.29 is 14.7 Å². The molecule has 4 heteroatoms. The third-order valence-corrected chi connectivity index (χ3v) is 4.51. The Morgan fingerprint density at radius 3 is 2.58 bits per heavy atom. The second kappa shape index (κ2) is 8.02. The molecule has 26 heavy (non-hydrogen) atoms. The summed E-state index contributed by atoms with van der Waals surface area (Å²) in [4.78, 5) is 12.5. The fourth-order valence-corrected chi connectivity index (χ4v) is 2.90. The van der Waals surface area contributed by atoms with E-state index in [-0.39, 0.29) is 5.97 Å². The summed E-state index contributed by atoms with van der Waals surface area (Å²) in [5, 5.41) is 9.27. The fraction of sp³-hybridized carbons (Fsp3) is 0.409. The van der Waals surface area contributed by atoms with E-state index in [1.165, 1.54) is 5.56 Å². The van der Waals surface area contributed by atoms with Gasteiger partial charge in [-0.3, -0.25) is 0 Å². The molecule has 2 rings (SSSR count). The predicted octanol–water partition coefficient (Wildman–Crippen LogP) is 5.17. The Balaban J connectivity index is 2.71. The highest BCUT2D eigenvalue weighted by Gasteiger charge is 2.23. The Bertz CT molecular complexity index is 790. The van der Waals surface area contributed by atoms with Gasteiger partial charge in [-0.25, -0.2) is 4.79 Å². The molecule has 0 atom stereocenters. The van der Waals surface area contributed by atoms with Crippen LogP contribution in [0.25, 0.3) is 17.2 Å². The van der Waals surface area contributed by atoms with Crippen LogP contribution in [0, 0.1) is 6.92 Å². The molecule has 0 spiro atoms. The van der Waals surface area contributed by atoms with Crippen LogP contribution in [0.3, 0.4) is 0 Å². The number of nitrogens with one attached hydrogen (secondary N) is 1. The second-order valence-electron chi connectivity index (χ2n) is 7.50. The van der Waals surface area contributed by atoms with Crippen LogP contribution in [-0.4, -0.2) is 23.3 Å². The van der Waals surface area contributed by atoms with Gasteiger partial charge in [0.05, 0.1) is 17.7 Å². The van der Waals surface area contributed by atoms with Crippen LogP contribution in [0.1, 0.15) is 67.6 Å². The number of fused-ring (bicyclic) bond motifs is 1. The summed E-state index contributed by atoms with van der Waals surface area (Å²) in [6.07, 6.45) is 3.83. The van der Waals surface area contributed by atoms with Gasteiger partial charge in [0.25, 0.3) is 0 Å². The van der Waals surface area contributed by atoms with E-state index in [0.29, 0.717) is 18.1 Å². The molecule has 0 bridgehead atoms. The highest BCUT2D eigenvalue weighted by Crippen LogP contribution is 2.38. The van der Waals surface area contributed by atoms with Gasteiger partial charge in [-0.1, -0.05) is 44.2 Å². The van der Waals surface area contributed by atoms with E-state index in [9.17, 15) is 10.0 Å². The first-order valence-corrected chi connectivity index (χ1v) is 9.05. The van der Waals surface area contributed by atoms with E-state index in [0.717, 1.165) is 22.3 Å². The number of hydrogen-bond donors (Lipinski definition) is 2. The maximum Gasteiger partial charge on any atom is 0.338 e. The standard InChI is InChI=1S/C22H29NO3/c1-7-26-21(24)19-13-17(10-11-22(5,6)23-25)18-12-16(14(2)3)9-8-15(4)20(18)19/h8-14,23,25H,7H2,1-6H3. The van der Waals surface area contributed by atoms with E-state index in [2.05, 4.69) is 37.5 Å². The molecule has 0 heterocycles. The lowest BCUT2D eigenvalue weighted by atomic mass is 9.99. The van der Waals surface area contributed by atoms with Gasteiger partial charge >= 0.3 is 5.97 Å². The van der Waals surface area contributed by atoms with Crippen molar-refractivity contribution in [1.29, 1.82) is 0 Å². The van der Waals surface area contributed by atoms with Crippen LogP contribution >= 0.6 is 0 Å². The smallest absolute Gasteiger partial charge is 0.338 e. The van der Waals surface area contributed by atoms with Gasteiger partial charge < -0.3 is 9.94 Å². The summed E-state index contributed by atoms with van der Waals surface area (Å²) >= 11 is 0. The summed E-state index contributed by atoms with van der Waals surface area (Å²) in [6, 6.07) is 8.20. The second-order valence-corrected chi connectivity index (χ2v) is 7.50. The Kier molecular flexibility index (Phi) is 6.21. The van der Waals surface area contributed by atoms with E-state index < -0.39 is 5.54 Å². The van der Waals surface area contributed by atoms with Crippen molar-refractivity contribution >= 4 is 12.0 Å². The number of esters is 1. The molecule has 0 saturated carbocycles. The first-order chi connectivity index (χ1) is 12.2. The highest BCUT2D eigenvalue weighted by molar-refractivity contribution is 6.02. The number of carbonyl (C=O) groups excluding carboxylic acids is 1. The van der Waals surface area contributed by atoms with E-state index >= 15 is 0 Å². The minimum absolute atomic E-state index is 0.308. The molecule has 4 nitrogen and oxygen atoms in total. The van der Waals surface area contributed by atoms with Crippen molar-refractivity contribution in [2.45, 2.75) is 53.0 Å². The lowest BCUT2D eigenvalue weighted by Gasteiger charge is -2.17. The van der Waals surface area contributed by atoms with Crippen LogP contribution in [0.5, 0.6) is 0 Å². The maximum absolute atomic E-state index is 12.5. The van der Waals surface area contributed by atoms with Crippen molar-refractivity contribution in [3.05, 3.63) is 52.6 Å². The number of hydroxylamine groups is 1. The molecule has 2 aliphatic carbocycles. The van der Waals surface area contributed by atoms with Gasteiger partial charge in [0.1, 0.15) is 0 Å². The van der Waals surface area contributed by atoms with Gasteiger partial charge in [0, 0.05) is 0 Å². The Hall–Kier alpha value is -2.17. The SMILES string of the molecule is CCOC(=O)c1cc(C=CC(C)(C)NO)c2cc(C(C)C)ccc(C)c1-2. The number of aryl methyl sites for hydroxylation is 1. The van der Waals surface area contributed by atoms with E-state index in [1.54, 1.807) is 0 Å². The zero-order valence-electron chi connectivity index (χ0n) is 16.5. The summed E-state index contributed by atoms with van der Waals surface area (Å²) in [6.45, 7) is 12.2. The van der Waals surface area contributed by atoms with Crippen molar-refractivity contribution in [3.63, 3.8) is 0 Å². The Labute approximate surface area is 156 Å². The van der Waals surface area contributed by atoms with Crippen LogP contribution in [0.15, 0.2) is 30.3 Å². The van der Waals surface area contributed by atoms with Crippen molar-refractivity contribution in [3.8, 4) is 11.1 Å². The molecule has 2 N–H and O–H groups in total. The fourth-order valence-electron chi connectivity index (χ4n) is 2.90. The molecule has 0 aliphatic heterocycles. The van der Waals surface area contributed by atoms with Crippen LogP contribution in [-0.2, 0) is 4.74 Å². The van der Waals surface area contributed by atoms with Crippen LogP contribution in [0.2, 0.25) is 0 Å². The first kappa shape index (κ1) is 20.1. The van der Waals surface area contributed by atoms with Crippen molar-refractivity contribution in [2.24, 2.45) is 0 Å². The average Bonchev–Trinajstić information content (AvgIpc) is 2.85. The largest absolute Gasteiger partial charge is 0.462 e. The van der Waals surface area contributed by atoms with Crippen LogP contribution < -0.4 is 5.48 Å². The quantitative estimate of drug-likeness (QED) is 0.554. The van der Waals surface area contributed by atoms with Gasteiger partial charge in [-0.2, -0.15) is 5.48 Å². The number of hydrogen-bond acceptors (Lipinski definition) is 4. The maximum atomic E-state index is 12.5. The minimum atomic E-state index is -0.569. The normalized spacial score (nSPS) is 12.3. The highest BCUT2D eigenvalue weighted by atomic mass is 16.5. The van der Waals surface area contributed by atoms with Crippen molar-refractivity contribution in [1.82, 2.24) is 5.48 Å². The summed E-state index contributed by atoms with van der Waals surface area (Å²) in [5.74, 6) is 0.0652. The molecule has 0 unspecified atom stereocenters. The zero-order valence-corrected chi connectivity index (χ0v) is 16.5.